The van der Waals surface area contributed by atoms with E-state index in [4.69, 9.17) is 15.2 Å². The molecule has 3 unspecified atom stereocenters. The van der Waals surface area contributed by atoms with E-state index in [2.05, 4.69) is 18.9 Å². The Morgan fingerprint density at radius 2 is 2.37 bits per heavy atom. The third-order valence-electron chi connectivity index (χ3n) is 3.94. The van der Waals surface area contributed by atoms with Gasteiger partial charge in [-0.25, -0.2) is 0 Å². The van der Waals surface area contributed by atoms with Gasteiger partial charge in [0.25, 0.3) is 0 Å². The SMILES string of the molecule is CCCn1ncc(OC)c1C(N)C1CCOC1CC. The molecule has 1 aliphatic heterocycles. The first-order chi connectivity index (χ1) is 9.22. The molecule has 1 aliphatic rings. The molecule has 19 heavy (non-hydrogen) atoms. The molecular weight excluding hydrogens is 242 g/mol. The highest BCUT2D eigenvalue weighted by Gasteiger charge is 2.35. The fourth-order valence-corrected chi connectivity index (χ4v) is 2.96. The second-order valence-corrected chi connectivity index (χ2v) is 5.12. The predicted octanol–water partition coefficient (Wildman–Crippen LogP) is 2.12. The van der Waals surface area contributed by atoms with Crippen LogP contribution in [0.4, 0.5) is 0 Å². The second kappa shape index (κ2) is 6.39. The van der Waals surface area contributed by atoms with Crippen molar-refractivity contribution >= 4 is 0 Å². The number of rotatable bonds is 6. The quantitative estimate of drug-likeness (QED) is 0.857. The number of hydrogen-bond donors (Lipinski definition) is 1. The van der Waals surface area contributed by atoms with Crippen molar-refractivity contribution in [1.82, 2.24) is 9.78 Å². The number of nitrogens with zero attached hydrogens (tertiary/aromatic N) is 2. The number of hydrogen-bond acceptors (Lipinski definition) is 4. The summed E-state index contributed by atoms with van der Waals surface area (Å²) in [6.45, 7) is 5.96. The first-order valence-corrected chi connectivity index (χ1v) is 7.19. The highest BCUT2D eigenvalue weighted by atomic mass is 16.5. The van der Waals surface area contributed by atoms with Gasteiger partial charge in [0.2, 0.25) is 0 Å². The lowest BCUT2D eigenvalue weighted by molar-refractivity contribution is 0.0803. The van der Waals surface area contributed by atoms with Crippen molar-refractivity contribution < 1.29 is 9.47 Å². The van der Waals surface area contributed by atoms with E-state index in [1.807, 2.05) is 4.68 Å². The van der Waals surface area contributed by atoms with E-state index in [-0.39, 0.29) is 12.1 Å². The third-order valence-corrected chi connectivity index (χ3v) is 3.94. The summed E-state index contributed by atoms with van der Waals surface area (Å²) >= 11 is 0. The normalized spacial score (nSPS) is 24.6. The topological polar surface area (TPSA) is 62.3 Å². The standard InChI is InChI=1S/C14H25N3O2/c1-4-7-17-14(12(18-3)9-16-17)13(15)10-6-8-19-11(10)5-2/h9-11,13H,4-8,15H2,1-3H3. The van der Waals surface area contributed by atoms with Crippen LogP contribution < -0.4 is 10.5 Å². The lowest BCUT2D eigenvalue weighted by atomic mass is 9.89. The average Bonchev–Trinajstić information content (AvgIpc) is 3.04. The van der Waals surface area contributed by atoms with Crippen LogP contribution in [0.2, 0.25) is 0 Å². The highest BCUT2D eigenvalue weighted by molar-refractivity contribution is 5.29. The molecule has 0 bridgehead atoms. The minimum absolute atomic E-state index is 0.0727. The Morgan fingerprint density at radius 3 is 3.00 bits per heavy atom. The van der Waals surface area contributed by atoms with Gasteiger partial charge in [-0.15, -0.1) is 0 Å². The Hall–Kier alpha value is -1.07. The Morgan fingerprint density at radius 1 is 1.58 bits per heavy atom. The van der Waals surface area contributed by atoms with Crippen LogP contribution in [0.15, 0.2) is 6.20 Å². The van der Waals surface area contributed by atoms with Gasteiger partial charge in [0.15, 0.2) is 5.75 Å². The summed E-state index contributed by atoms with van der Waals surface area (Å²) < 4.78 is 13.2. The van der Waals surface area contributed by atoms with E-state index in [9.17, 15) is 0 Å². The molecule has 5 heteroatoms. The van der Waals surface area contributed by atoms with Gasteiger partial charge in [-0.3, -0.25) is 4.68 Å². The Bertz CT molecular complexity index is 405. The lowest BCUT2D eigenvalue weighted by Crippen LogP contribution is -2.30. The molecule has 0 saturated carbocycles. The van der Waals surface area contributed by atoms with Crippen LogP contribution in [0.5, 0.6) is 5.75 Å². The van der Waals surface area contributed by atoms with E-state index in [1.165, 1.54) is 0 Å². The van der Waals surface area contributed by atoms with Gasteiger partial charge >= 0.3 is 0 Å². The summed E-state index contributed by atoms with van der Waals surface area (Å²) in [5.41, 5.74) is 7.51. The number of methoxy groups -OCH3 is 1. The van der Waals surface area contributed by atoms with Gasteiger partial charge < -0.3 is 15.2 Å². The maximum Gasteiger partial charge on any atom is 0.161 e. The van der Waals surface area contributed by atoms with Crippen LogP contribution in [-0.4, -0.2) is 29.6 Å². The second-order valence-electron chi connectivity index (χ2n) is 5.12. The van der Waals surface area contributed by atoms with Crippen LogP contribution >= 0.6 is 0 Å². The van der Waals surface area contributed by atoms with E-state index in [1.54, 1.807) is 13.3 Å². The molecule has 0 radical (unpaired) electrons. The smallest absolute Gasteiger partial charge is 0.161 e. The van der Waals surface area contributed by atoms with Crippen LogP contribution in [0.25, 0.3) is 0 Å². The number of aromatic nitrogens is 2. The lowest BCUT2D eigenvalue weighted by Gasteiger charge is -2.25. The molecule has 1 saturated heterocycles. The number of aryl methyl sites for hydroxylation is 1. The molecule has 1 aromatic heterocycles. The van der Waals surface area contributed by atoms with Crippen LogP contribution in [0.3, 0.4) is 0 Å². The van der Waals surface area contributed by atoms with Gasteiger partial charge in [0, 0.05) is 19.1 Å². The van der Waals surface area contributed by atoms with Crippen LogP contribution in [0.1, 0.15) is 44.8 Å². The van der Waals surface area contributed by atoms with E-state index < -0.39 is 0 Å². The van der Waals surface area contributed by atoms with E-state index in [0.717, 1.165) is 43.9 Å². The summed E-state index contributed by atoms with van der Waals surface area (Å²) in [6.07, 6.45) is 5.07. The Balaban J connectivity index is 2.26. The molecule has 0 aliphatic carbocycles. The van der Waals surface area contributed by atoms with Gasteiger partial charge in [-0.1, -0.05) is 13.8 Å². The molecule has 2 heterocycles. The minimum Gasteiger partial charge on any atom is -0.493 e. The van der Waals surface area contributed by atoms with Gasteiger partial charge in [0.1, 0.15) is 0 Å². The zero-order valence-electron chi connectivity index (χ0n) is 12.1. The molecule has 1 fully saturated rings. The summed E-state index contributed by atoms with van der Waals surface area (Å²) in [5.74, 6) is 1.15. The molecule has 1 aromatic rings. The molecule has 0 amide bonds. The molecule has 2 N–H and O–H groups in total. The van der Waals surface area contributed by atoms with Crippen molar-refractivity contribution in [2.75, 3.05) is 13.7 Å². The molecule has 3 atom stereocenters. The monoisotopic (exact) mass is 267 g/mol. The van der Waals surface area contributed by atoms with Crippen molar-refractivity contribution in [1.29, 1.82) is 0 Å². The number of nitrogens with two attached hydrogens (primary N) is 1. The average molecular weight is 267 g/mol. The predicted molar refractivity (Wildman–Crippen MR) is 74.1 cm³/mol. The maximum absolute atomic E-state index is 6.50. The van der Waals surface area contributed by atoms with Gasteiger partial charge in [-0.05, 0) is 19.3 Å². The van der Waals surface area contributed by atoms with Crippen molar-refractivity contribution in [3.05, 3.63) is 11.9 Å². The minimum atomic E-state index is -0.0727. The highest BCUT2D eigenvalue weighted by Crippen LogP contribution is 2.36. The van der Waals surface area contributed by atoms with Crippen LogP contribution in [0, 0.1) is 5.92 Å². The van der Waals surface area contributed by atoms with Crippen molar-refractivity contribution in [2.24, 2.45) is 11.7 Å². The Kier molecular flexibility index (Phi) is 4.82. The Labute approximate surface area is 115 Å². The first-order valence-electron chi connectivity index (χ1n) is 7.19. The zero-order chi connectivity index (χ0) is 13.8. The summed E-state index contributed by atoms with van der Waals surface area (Å²) in [5, 5.41) is 4.39. The van der Waals surface area contributed by atoms with Gasteiger partial charge in [0.05, 0.1) is 31.1 Å². The molecule has 2 rings (SSSR count). The number of ether oxygens (including phenoxy) is 2. The van der Waals surface area contributed by atoms with E-state index >= 15 is 0 Å². The molecule has 108 valence electrons. The summed E-state index contributed by atoms with van der Waals surface area (Å²) in [6, 6.07) is -0.0727. The molecular formula is C14H25N3O2. The van der Waals surface area contributed by atoms with Crippen molar-refractivity contribution in [3.8, 4) is 5.75 Å². The first kappa shape index (κ1) is 14.3. The van der Waals surface area contributed by atoms with Gasteiger partial charge in [-0.2, -0.15) is 5.10 Å². The fraction of sp³-hybridized carbons (Fsp3) is 0.786. The molecule has 5 nitrogen and oxygen atoms in total. The third kappa shape index (κ3) is 2.77. The molecule has 0 spiro atoms. The van der Waals surface area contributed by atoms with E-state index in [0.29, 0.717) is 5.92 Å². The maximum atomic E-state index is 6.50. The zero-order valence-corrected chi connectivity index (χ0v) is 12.1. The summed E-state index contributed by atoms with van der Waals surface area (Å²) in [7, 11) is 1.67. The van der Waals surface area contributed by atoms with Crippen molar-refractivity contribution in [2.45, 2.75) is 51.8 Å². The summed E-state index contributed by atoms with van der Waals surface area (Å²) in [4.78, 5) is 0. The van der Waals surface area contributed by atoms with Crippen molar-refractivity contribution in [3.63, 3.8) is 0 Å². The van der Waals surface area contributed by atoms with Crippen LogP contribution in [-0.2, 0) is 11.3 Å². The fourth-order valence-electron chi connectivity index (χ4n) is 2.96. The molecule has 0 aromatic carbocycles. The largest absolute Gasteiger partial charge is 0.493 e.